The smallest absolute Gasteiger partial charge is 0.0651 e. The highest BCUT2D eigenvalue weighted by Gasteiger charge is 2.46. The number of rotatable bonds is 8. The molecule has 34 heavy (non-hydrogen) atoms. The van der Waals surface area contributed by atoms with Gasteiger partial charge in [0, 0.05) is 0 Å². The van der Waals surface area contributed by atoms with Crippen molar-refractivity contribution in [3.63, 3.8) is 0 Å². The van der Waals surface area contributed by atoms with Gasteiger partial charge in [0.2, 0.25) is 0 Å². The van der Waals surface area contributed by atoms with Gasteiger partial charge in [-0.1, -0.05) is 131 Å². The van der Waals surface area contributed by atoms with Gasteiger partial charge in [0.25, 0.3) is 0 Å². The third-order valence-electron chi connectivity index (χ3n) is 7.45. The average Bonchev–Trinajstić information content (AvgIpc) is 3.15. The fourth-order valence-corrected chi connectivity index (χ4v) is 6.04. The minimum atomic E-state index is -0.287. The molecule has 172 valence electrons. The molecule has 1 aliphatic carbocycles. The van der Waals surface area contributed by atoms with E-state index in [1.807, 2.05) is 0 Å². The van der Waals surface area contributed by atoms with Crippen LogP contribution in [0.4, 0.5) is 0 Å². The zero-order valence-corrected chi connectivity index (χ0v) is 20.9. The van der Waals surface area contributed by atoms with Crippen LogP contribution in [0.3, 0.4) is 0 Å². The van der Waals surface area contributed by atoms with Crippen LogP contribution in [0.1, 0.15) is 79.0 Å². The molecule has 1 aliphatic rings. The topological polar surface area (TPSA) is 0 Å². The van der Waals surface area contributed by atoms with Crippen LogP contribution < -0.4 is 0 Å². The highest BCUT2D eigenvalue weighted by atomic mass is 14.5. The Bertz CT molecular complexity index is 1220. The van der Waals surface area contributed by atoms with Crippen molar-refractivity contribution in [1.82, 2.24) is 0 Å². The van der Waals surface area contributed by atoms with Crippen molar-refractivity contribution < 1.29 is 0 Å². The van der Waals surface area contributed by atoms with Crippen LogP contribution in [0.25, 0.3) is 11.1 Å². The molecule has 0 saturated carbocycles. The van der Waals surface area contributed by atoms with E-state index >= 15 is 0 Å². The van der Waals surface area contributed by atoms with Crippen LogP contribution in [-0.2, 0) is 24.7 Å². The molecule has 4 aromatic carbocycles. The van der Waals surface area contributed by atoms with Gasteiger partial charge in [0.05, 0.1) is 5.41 Å². The molecule has 0 amide bonds. The number of benzene rings is 4. The van der Waals surface area contributed by atoms with Gasteiger partial charge in [0.1, 0.15) is 0 Å². The van der Waals surface area contributed by atoms with E-state index in [1.165, 1.54) is 62.9 Å². The number of aryl methyl sites for hydroxylation is 3. The molecule has 4 aromatic rings. The number of hydrogen-bond donors (Lipinski definition) is 0. The lowest BCUT2D eigenvalue weighted by molar-refractivity contribution is 0.762. The van der Waals surface area contributed by atoms with E-state index in [0.29, 0.717) is 0 Å². The Labute approximate surface area is 205 Å². The molecular weight excluding hydrogens is 408 g/mol. The maximum absolute atomic E-state index is 2.48. The van der Waals surface area contributed by atoms with E-state index in [1.54, 1.807) is 0 Å². The molecule has 0 fully saturated rings. The van der Waals surface area contributed by atoms with Gasteiger partial charge in [-0.25, -0.2) is 0 Å². The van der Waals surface area contributed by atoms with Crippen molar-refractivity contribution in [2.45, 2.75) is 64.7 Å². The van der Waals surface area contributed by atoms with E-state index in [9.17, 15) is 0 Å². The molecule has 0 bridgehead atoms. The molecular formula is C34H36. The predicted molar refractivity (Wildman–Crippen MR) is 146 cm³/mol. The molecule has 5 rings (SSSR count). The fourth-order valence-electron chi connectivity index (χ4n) is 6.04. The van der Waals surface area contributed by atoms with Gasteiger partial charge in [0.15, 0.2) is 0 Å². The molecule has 0 aromatic heterocycles. The van der Waals surface area contributed by atoms with Crippen molar-refractivity contribution in [1.29, 1.82) is 0 Å². The third-order valence-corrected chi connectivity index (χ3v) is 7.45. The van der Waals surface area contributed by atoms with Crippen molar-refractivity contribution >= 4 is 0 Å². The molecule has 0 heteroatoms. The van der Waals surface area contributed by atoms with Crippen LogP contribution in [0, 0.1) is 0 Å². The van der Waals surface area contributed by atoms with E-state index in [0.717, 1.165) is 25.7 Å². The van der Waals surface area contributed by atoms with Crippen molar-refractivity contribution in [3.8, 4) is 11.1 Å². The quantitative estimate of drug-likeness (QED) is 0.224. The first-order chi connectivity index (χ1) is 16.7. The zero-order valence-electron chi connectivity index (χ0n) is 20.9. The Morgan fingerprint density at radius 2 is 0.971 bits per heavy atom. The second kappa shape index (κ2) is 9.63. The Kier molecular flexibility index (Phi) is 6.42. The van der Waals surface area contributed by atoms with Crippen molar-refractivity contribution in [2.24, 2.45) is 0 Å². The van der Waals surface area contributed by atoms with Gasteiger partial charge in [-0.05, 0) is 69.3 Å². The normalized spacial score (nSPS) is 13.5. The zero-order chi connectivity index (χ0) is 23.5. The lowest BCUT2D eigenvalue weighted by Gasteiger charge is -2.34. The van der Waals surface area contributed by atoms with Crippen molar-refractivity contribution in [2.75, 3.05) is 0 Å². The van der Waals surface area contributed by atoms with E-state index in [-0.39, 0.29) is 5.41 Å². The van der Waals surface area contributed by atoms with Gasteiger partial charge in [-0.15, -0.1) is 0 Å². The Hall–Kier alpha value is -3.12. The molecule has 0 radical (unpaired) electrons. The van der Waals surface area contributed by atoms with Crippen molar-refractivity contribution in [3.05, 3.63) is 130 Å². The summed E-state index contributed by atoms with van der Waals surface area (Å²) in [5.41, 5.74) is 12.5. The molecule has 0 heterocycles. The van der Waals surface area contributed by atoms with E-state index in [4.69, 9.17) is 0 Å². The lowest BCUT2D eigenvalue weighted by atomic mass is 9.67. The Balaban J connectivity index is 1.87. The highest BCUT2D eigenvalue weighted by molar-refractivity contribution is 5.87. The molecule has 0 atom stereocenters. The molecule has 0 N–H and O–H groups in total. The first-order valence-corrected chi connectivity index (χ1v) is 13.1. The largest absolute Gasteiger partial charge is 0.0713 e. The average molecular weight is 445 g/mol. The summed E-state index contributed by atoms with van der Waals surface area (Å²) in [6, 6.07) is 35.1. The first-order valence-electron chi connectivity index (χ1n) is 13.1. The molecule has 0 aliphatic heterocycles. The van der Waals surface area contributed by atoms with Crippen LogP contribution in [0.15, 0.2) is 91.0 Å². The second-order valence-corrected chi connectivity index (χ2v) is 9.83. The summed E-state index contributed by atoms with van der Waals surface area (Å²) in [5.74, 6) is 0. The van der Waals surface area contributed by atoms with Crippen LogP contribution >= 0.6 is 0 Å². The Morgan fingerprint density at radius 3 is 1.50 bits per heavy atom. The van der Waals surface area contributed by atoms with E-state index < -0.39 is 0 Å². The number of hydrogen-bond acceptors (Lipinski definition) is 0. The fraction of sp³-hybridized carbons (Fsp3) is 0.294. The summed E-state index contributed by atoms with van der Waals surface area (Å²) < 4.78 is 0. The summed E-state index contributed by atoms with van der Waals surface area (Å²) in [6.07, 6.45) is 6.87. The first kappa shape index (κ1) is 22.7. The minimum Gasteiger partial charge on any atom is -0.0651 e. The van der Waals surface area contributed by atoms with Crippen LogP contribution in [-0.4, -0.2) is 0 Å². The summed E-state index contributed by atoms with van der Waals surface area (Å²) in [6.45, 7) is 6.81. The van der Waals surface area contributed by atoms with Gasteiger partial charge in [-0.3, -0.25) is 0 Å². The summed E-state index contributed by atoms with van der Waals surface area (Å²) in [5, 5.41) is 0. The standard InChI is InChI=1S/C34H36/c1-4-11-25-14-10-17-29(22-25)34(28-15-8-7-9-16-28)32-20-18-26(12-5-2)23-30(32)31-24-27(13-6-3)19-21-33(31)34/h7-10,14-24H,4-6,11-13H2,1-3H3. The molecule has 0 unspecified atom stereocenters. The summed E-state index contributed by atoms with van der Waals surface area (Å²) in [7, 11) is 0. The monoisotopic (exact) mass is 444 g/mol. The summed E-state index contributed by atoms with van der Waals surface area (Å²) in [4.78, 5) is 0. The molecule has 0 nitrogen and oxygen atoms in total. The van der Waals surface area contributed by atoms with Gasteiger partial charge < -0.3 is 0 Å². The van der Waals surface area contributed by atoms with Crippen LogP contribution in [0.2, 0.25) is 0 Å². The lowest BCUT2D eigenvalue weighted by Crippen LogP contribution is -2.28. The van der Waals surface area contributed by atoms with Gasteiger partial charge in [-0.2, -0.15) is 0 Å². The molecule has 0 spiro atoms. The predicted octanol–water partition coefficient (Wildman–Crippen LogP) is 8.91. The summed E-state index contributed by atoms with van der Waals surface area (Å²) >= 11 is 0. The third kappa shape index (κ3) is 3.70. The Morgan fingerprint density at radius 1 is 0.471 bits per heavy atom. The maximum Gasteiger partial charge on any atom is 0.0713 e. The maximum atomic E-state index is 2.48. The van der Waals surface area contributed by atoms with Crippen LogP contribution in [0.5, 0.6) is 0 Å². The minimum absolute atomic E-state index is 0.287. The van der Waals surface area contributed by atoms with Gasteiger partial charge >= 0.3 is 0 Å². The van der Waals surface area contributed by atoms with E-state index in [2.05, 4.69) is 112 Å². The second-order valence-electron chi connectivity index (χ2n) is 9.83. The highest BCUT2D eigenvalue weighted by Crippen LogP contribution is 2.56. The number of fused-ring (bicyclic) bond motifs is 3. The SMILES string of the molecule is CCCc1cccc(C2(c3ccccc3)c3ccc(CCC)cc3-c3cc(CCC)ccc32)c1. The molecule has 0 saturated heterocycles.